The fraction of sp³-hybridized carbons (Fsp3) is 0.500. The van der Waals surface area contributed by atoms with Gasteiger partial charge in [0.25, 0.3) is 0 Å². The van der Waals surface area contributed by atoms with Crippen LogP contribution in [0.15, 0.2) is 11.6 Å². The van der Waals surface area contributed by atoms with Crippen LogP contribution in [0.25, 0.3) is 0 Å². The second-order valence-electron chi connectivity index (χ2n) is 2.82. The molecule has 0 aromatic heterocycles. The minimum absolute atomic E-state index is 0.0671. The van der Waals surface area contributed by atoms with Crippen LogP contribution in [0, 0.1) is 11.3 Å². The van der Waals surface area contributed by atoms with E-state index in [0.717, 1.165) is 18.3 Å². The molecule has 0 radical (unpaired) electrons. The third-order valence-corrected chi connectivity index (χ3v) is 1.68. The van der Waals surface area contributed by atoms with Crippen molar-refractivity contribution >= 4 is 12.0 Å². The molecule has 0 heterocycles. The molecule has 2 heteroatoms. The highest BCUT2D eigenvalue weighted by atomic mass is 16.1. The van der Waals surface area contributed by atoms with E-state index in [1.807, 2.05) is 13.0 Å². The molecule has 1 rings (SSSR count). The minimum Gasteiger partial charge on any atom is -0.305 e. The van der Waals surface area contributed by atoms with E-state index in [4.69, 9.17) is 5.41 Å². The van der Waals surface area contributed by atoms with Crippen LogP contribution in [0.5, 0.6) is 0 Å². The van der Waals surface area contributed by atoms with Crippen LogP contribution < -0.4 is 0 Å². The second-order valence-corrected chi connectivity index (χ2v) is 2.82. The molecule has 0 saturated carbocycles. The van der Waals surface area contributed by atoms with Gasteiger partial charge in [-0.3, -0.25) is 0 Å². The summed E-state index contributed by atoms with van der Waals surface area (Å²) in [6, 6.07) is 0. The van der Waals surface area contributed by atoms with Gasteiger partial charge < -0.3 is 10.2 Å². The van der Waals surface area contributed by atoms with E-state index >= 15 is 0 Å². The van der Waals surface area contributed by atoms with Crippen LogP contribution in [0.4, 0.5) is 0 Å². The Morgan fingerprint density at radius 3 is 2.90 bits per heavy atom. The topological polar surface area (TPSA) is 40.9 Å². The molecule has 2 nitrogen and oxygen atoms in total. The van der Waals surface area contributed by atoms with Crippen molar-refractivity contribution < 1.29 is 4.79 Å². The molecule has 1 N–H and O–H groups in total. The fourth-order valence-electron chi connectivity index (χ4n) is 1.28. The van der Waals surface area contributed by atoms with Gasteiger partial charge in [-0.05, 0) is 25.8 Å². The summed E-state index contributed by atoms with van der Waals surface area (Å²) < 4.78 is 0. The minimum atomic E-state index is 0.0671. The lowest BCUT2D eigenvalue weighted by Crippen LogP contribution is -2.13. The normalized spacial score (nSPS) is 25.9. The van der Waals surface area contributed by atoms with Crippen molar-refractivity contribution in [1.29, 1.82) is 5.41 Å². The van der Waals surface area contributed by atoms with E-state index in [1.165, 1.54) is 0 Å². The molecule has 0 amide bonds. The Hall–Kier alpha value is -0.920. The summed E-state index contributed by atoms with van der Waals surface area (Å²) in [6.07, 6.45) is 4.26. The van der Waals surface area contributed by atoms with Crippen LogP contribution in [-0.2, 0) is 4.79 Å². The summed E-state index contributed by atoms with van der Waals surface area (Å²) >= 11 is 0. The first-order valence-electron chi connectivity index (χ1n) is 3.42. The average molecular weight is 137 g/mol. The molecular weight excluding hydrogens is 126 g/mol. The van der Waals surface area contributed by atoms with E-state index in [0.29, 0.717) is 12.1 Å². The van der Waals surface area contributed by atoms with Gasteiger partial charge in [0.15, 0.2) is 0 Å². The highest BCUT2D eigenvalue weighted by Crippen LogP contribution is 2.19. The van der Waals surface area contributed by atoms with E-state index in [2.05, 4.69) is 0 Å². The number of rotatable bonds is 1. The summed E-state index contributed by atoms with van der Waals surface area (Å²) in [7, 11) is 0. The maximum Gasteiger partial charge on any atom is 0.123 e. The van der Waals surface area contributed by atoms with E-state index in [1.54, 1.807) is 0 Å². The first-order chi connectivity index (χ1) is 4.72. The predicted molar refractivity (Wildman–Crippen MR) is 40.3 cm³/mol. The third kappa shape index (κ3) is 1.53. The fourth-order valence-corrected chi connectivity index (χ4v) is 1.28. The molecule has 1 aliphatic carbocycles. The van der Waals surface area contributed by atoms with Gasteiger partial charge in [0.1, 0.15) is 6.29 Å². The monoisotopic (exact) mass is 137 g/mol. The lowest BCUT2D eigenvalue weighted by Gasteiger charge is -2.15. The van der Waals surface area contributed by atoms with E-state index in [-0.39, 0.29) is 5.92 Å². The van der Waals surface area contributed by atoms with E-state index < -0.39 is 0 Å². The Balaban J connectivity index is 2.69. The maximum atomic E-state index is 10.3. The molecule has 1 atom stereocenters. The Morgan fingerprint density at radius 2 is 2.40 bits per heavy atom. The number of hydrogen-bond acceptors (Lipinski definition) is 2. The number of hydrogen-bond donors (Lipinski definition) is 1. The molecule has 10 heavy (non-hydrogen) atoms. The standard InChI is InChI=1S/C8H11NO/c1-6-2-7(5-10)4-8(9)3-6/h3,5,7,9H,2,4H2,1H3. The molecular formula is C8H11NO. The van der Waals surface area contributed by atoms with Crippen LogP contribution in [0.1, 0.15) is 19.8 Å². The largest absolute Gasteiger partial charge is 0.305 e. The van der Waals surface area contributed by atoms with Gasteiger partial charge in [0.2, 0.25) is 0 Å². The lowest BCUT2D eigenvalue weighted by atomic mass is 9.90. The number of carbonyl (C=O) groups excluding carboxylic acids is 1. The quantitative estimate of drug-likeness (QED) is 0.547. The van der Waals surface area contributed by atoms with Gasteiger partial charge in [-0.1, -0.05) is 5.57 Å². The lowest BCUT2D eigenvalue weighted by molar-refractivity contribution is -0.110. The highest BCUT2D eigenvalue weighted by Gasteiger charge is 2.14. The van der Waals surface area contributed by atoms with Gasteiger partial charge in [-0.25, -0.2) is 0 Å². The van der Waals surface area contributed by atoms with Crippen molar-refractivity contribution in [3.05, 3.63) is 11.6 Å². The third-order valence-electron chi connectivity index (χ3n) is 1.68. The first-order valence-corrected chi connectivity index (χ1v) is 3.42. The van der Waals surface area contributed by atoms with Crippen LogP contribution in [0.2, 0.25) is 0 Å². The summed E-state index contributed by atoms with van der Waals surface area (Å²) in [6.45, 7) is 1.96. The maximum absolute atomic E-state index is 10.3. The Morgan fingerprint density at radius 1 is 1.70 bits per heavy atom. The van der Waals surface area contributed by atoms with Crippen molar-refractivity contribution in [3.8, 4) is 0 Å². The van der Waals surface area contributed by atoms with Crippen molar-refractivity contribution in [2.24, 2.45) is 5.92 Å². The Bertz CT molecular complexity index is 193. The zero-order valence-corrected chi connectivity index (χ0v) is 6.05. The Labute approximate surface area is 60.4 Å². The average Bonchev–Trinajstić information content (AvgIpc) is 1.85. The second kappa shape index (κ2) is 2.78. The number of aldehydes is 1. The SMILES string of the molecule is CC1=CC(=N)CC(C=O)C1. The molecule has 0 aromatic carbocycles. The van der Waals surface area contributed by atoms with Gasteiger partial charge in [-0.15, -0.1) is 0 Å². The number of nitrogens with one attached hydrogen (secondary N) is 1. The van der Waals surface area contributed by atoms with E-state index in [9.17, 15) is 4.79 Å². The highest BCUT2D eigenvalue weighted by molar-refractivity contribution is 5.95. The zero-order chi connectivity index (χ0) is 7.56. The van der Waals surface area contributed by atoms with Crippen molar-refractivity contribution in [3.63, 3.8) is 0 Å². The predicted octanol–water partition coefficient (Wildman–Crippen LogP) is 1.56. The summed E-state index contributed by atoms with van der Waals surface area (Å²) in [5.41, 5.74) is 1.73. The van der Waals surface area contributed by atoms with Crippen molar-refractivity contribution in [1.82, 2.24) is 0 Å². The van der Waals surface area contributed by atoms with Crippen LogP contribution in [0.3, 0.4) is 0 Å². The molecule has 0 bridgehead atoms. The first kappa shape index (κ1) is 7.19. The Kier molecular flexibility index (Phi) is 2.00. The van der Waals surface area contributed by atoms with Crippen molar-refractivity contribution in [2.75, 3.05) is 0 Å². The molecule has 0 spiro atoms. The van der Waals surface area contributed by atoms with Crippen molar-refractivity contribution in [2.45, 2.75) is 19.8 Å². The molecule has 54 valence electrons. The summed E-state index contributed by atoms with van der Waals surface area (Å²) in [5.74, 6) is 0.0671. The number of allylic oxidation sites excluding steroid dienone is 2. The molecule has 0 aromatic rings. The molecule has 1 unspecified atom stereocenters. The summed E-state index contributed by atoms with van der Waals surface area (Å²) in [5, 5.41) is 7.32. The van der Waals surface area contributed by atoms with Gasteiger partial charge in [0.05, 0.1) is 0 Å². The molecule has 0 aliphatic heterocycles. The van der Waals surface area contributed by atoms with Gasteiger partial charge in [-0.2, -0.15) is 0 Å². The zero-order valence-electron chi connectivity index (χ0n) is 6.05. The van der Waals surface area contributed by atoms with Crippen LogP contribution in [-0.4, -0.2) is 12.0 Å². The van der Waals surface area contributed by atoms with Gasteiger partial charge in [0, 0.05) is 11.6 Å². The molecule has 0 saturated heterocycles. The summed E-state index contributed by atoms with van der Waals surface area (Å²) in [4.78, 5) is 10.3. The smallest absolute Gasteiger partial charge is 0.123 e. The van der Waals surface area contributed by atoms with Crippen LogP contribution >= 0.6 is 0 Å². The molecule has 0 fully saturated rings. The van der Waals surface area contributed by atoms with Gasteiger partial charge >= 0.3 is 0 Å². The molecule has 1 aliphatic rings. The number of carbonyl (C=O) groups is 1.